The van der Waals surface area contributed by atoms with Gasteiger partial charge in [0.15, 0.2) is 0 Å². The Morgan fingerprint density at radius 3 is 2.44 bits per heavy atom. The highest BCUT2D eigenvalue weighted by Gasteiger charge is 2.05. The highest BCUT2D eigenvalue weighted by Crippen LogP contribution is 2.23. The number of rotatable bonds is 6. The van der Waals surface area contributed by atoms with Crippen LogP contribution in [-0.2, 0) is 6.54 Å². The number of benzene rings is 1. The van der Waals surface area contributed by atoms with Crippen molar-refractivity contribution < 1.29 is 0 Å². The van der Waals surface area contributed by atoms with Gasteiger partial charge in [0, 0.05) is 6.54 Å². The minimum atomic E-state index is 0.627. The molecule has 1 rings (SSSR count). The number of halogens is 2. The first-order valence-corrected chi connectivity index (χ1v) is 6.59. The van der Waals surface area contributed by atoms with Crippen LogP contribution >= 0.6 is 23.2 Å². The molecule has 0 aliphatic carbocycles. The molecule has 0 amide bonds. The lowest BCUT2D eigenvalue weighted by atomic mass is 10.2. The fourth-order valence-electron chi connectivity index (χ4n) is 1.63. The number of hydrogen-bond donors (Lipinski definition) is 0. The third-order valence-corrected chi connectivity index (χ3v) is 3.40. The lowest BCUT2D eigenvalue weighted by Crippen LogP contribution is -2.23. The van der Waals surface area contributed by atoms with Crippen LogP contribution in [0.2, 0.25) is 10.0 Å². The number of nitrogens with zero attached hydrogens (tertiary/aromatic N) is 1. The molecule has 1 nitrogen and oxygen atoms in total. The molecule has 0 saturated heterocycles. The van der Waals surface area contributed by atoms with Gasteiger partial charge < -0.3 is 0 Å². The summed E-state index contributed by atoms with van der Waals surface area (Å²) >= 11 is 11.9. The minimum Gasteiger partial charge on any atom is -0.299 e. The van der Waals surface area contributed by atoms with Crippen molar-refractivity contribution in [3.63, 3.8) is 0 Å². The predicted molar refractivity (Wildman–Crippen MR) is 72.3 cm³/mol. The Balaban J connectivity index is 2.59. The normalized spacial score (nSPS) is 11.1. The van der Waals surface area contributed by atoms with Crippen LogP contribution in [0.15, 0.2) is 18.2 Å². The van der Waals surface area contributed by atoms with Crippen LogP contribution in [-0.4, -0.2) is 18.0 Å². The van der Waals surface area contributed by atoms with Gasteiger partial charge >= 0.3 is 0 Å². The maximum absolute atomic E-state index is 5.99. The van der Waals surface area contributed by atoms with E-state index in [-0.39, 0.29) is 0 Å². The van der Waals surface area contributed by atoms with Crippen molar-refractivity contribution in [3.8, 4) is 0 Å². The van der Waals surface area contributed by atoms with Crippen LogP contribution in [0, 0.1) is 0 Å². The molecule has 0 heterocycles. The average Bonchev–Trinajstić information content (AvgIpc) is 2.29. The molecule has 0 aliphatic rings. The molecule has 3 heteroatoms. The largest absolute Gasteiger partial charge is 0.299 e. The Labute approximate surface area is 108 Å². The van der Waals surface area contributed by atoms with E-state index in [1.54, 1.807) is 0 Å². The summed E-state index contributed by atoms with van der Waals surface area (Å²) in [6, 6.07) is 5.87. The first kappa shape index (κ1) is 13.8. The van der Waals surface area contributed by atoms with Gasteiger partial charge in [0.25, 0.3) is 0 Å². The molecule has 0 aliphatic heterocycles. The lowest BCUT2D eigenvalue weighted by molar-refractivity contribution is 0.275. The van der Waals surface area contributed by atoms with Crippen molar-refractivity contribution in [1.29, 1.82) is 0 Å². The Kier molecular flexibility index (Phi) is 6.18. The van der Waals surface area contributed by atoms with Crippen molar-refractivity contribution in [2.75, 3.05) is 13.1 Å². The molecule has 0 radical (unpaired) electrons. The van der Waals surface area contributed by atoms with Gasteiger partial charge in [0.05, 0.1) is 10.0 Å². The van der Waals surface area contributed by atoms with Gasteiger partial charge in [-0.15, -0.1) is 0 Å². The molecule has 0 aromatic heterocycles. The molecule has 0 bridgehead atoms. The molecule has 0 fully saturated rings. The number of hydrogen-bond acceptors (Lipinski definition) is 1. The molecule has 0 spiro atoms. The van der Waals surface area contributed by atoms with Crippen molar-refractivity contribution in [2.45, 2.75) is 33.2 Å². The van der Waals surface area contributed by atoms with Crippen LogP contribution < -0.4 is 0 Å². The van der Waals surface area contributed by atoms with Crippen LogP contribution in [0.25, 0.3) is 0 Å². The van der Waals surface area contributed by atoms with Gasteiger partial charge in [0.1, 0.15) is 0 Å². The third-order valence-electron chi connectivity index (χ3n) is 2.67. The zero-order chi connectivity index (χ0) is 12.0. The van der Waals surface area contributed by atoms with E-state index in [0.717, 1.165) is 19.6 Å². The molecule has 90 valence electrons. The van der Waals surface area contributed by atoms with Gasteiger partial charge in [-0.3, -0.25) is 4.90 Å². The summed E-state index contributed by atoms with van der Waals surface area (Å²) in [5.74, 6) is 0. The van der Waals surface area contributed by atoms with Gasteiger partial charge in [-0.2, -0.15) is 0 Å². The Bertz CT molecular complexity index is 326. The second-order valence-corrected chi connectivity index (χ2v) is 4.79. The molecule has 0 unspecified atom stereocenters. The summed E-state index contributed by atoms with van der Waals surface area (Å²) < 4.78 is 0. The summed E-state index contributed by atoms with van der Waals surface area (Å²) in [6.45, 7) is 7.57. The van der Waals surface area contributed by atoms with Crippen molar-refractivity contribution in [1.82, 2.24) is 4.90 Å². The van der Waals surface area contributed by atoms with E-state index in [2.05, 4.69) is 18.7 Å². The van der Waals surface area contributed by atoms with Gasteiger partial charge in [0.2, 0.25) is 0 Å². The molecule has 0 saturated carbocycles. The fraction of sp³-hybridized carbons (Fsp3) is 0.538. The molecule has 0 atom stereocenters. The standard InChI is InChI=1S/C13H19Cl2N/c1-3-5-8-16(4-2)10-11-6-7-12(14)13(15)9-11/h6-7,9H,3-5,8,10H2,1-2H3. The van der Waals surface area contributed by atoms with Crippen LogP contribution in [0.1, 0.15) is 32.3 Å². The lowest BCUT2D eigenvalue weighted by Gasteiger charge is -2.20. The molecule has 1 aromatic carbocycles. The molecule has 16 heavy (non-hydrogen) atoms. The maximum Gasteiger partial charge on any atom is 0.0595 e. The van der Waals surface area contributed by atoms with Crippen molar-refractivity contribution >= 4 is 23.2 Å². The smallest absolute Gasteiger partial charge is 0.0595 e. The van der Waals surface area contributed by atoms with E-state index in [1.807, 2.05) is 18.2 Å². The summed E-state index contributed by atoms with van der Waals surface area (Å²) in [5.41, 5.74) is 1.23. The molecular formula is C13H19Cl2N. The molecular weight excluding hydrogens is 241 g/mol. The monoisotopic (exact) mass is 259 g/mol. The van der Waals surface area contributed by atoms with E-state index >= 15 is 0 Å². The molecule has 0 N–H and O–H groups in total. The van der Waals surface area contributed by atoms with E-state index in [1.165, 1.54) is 18.4 Å². The van der Waals surface area contributed by atoms with Crippen molar-refractivity contribution in [2.24, 2.45) is 0 Å². The first-order valence-electron chi connectivity index (χ1n) is 5.83. The SMILES string of the molecule is CCCCN(CC)Cc1ccc(Cl)c(Cl)c1. The highest BCUT2D eigenvalue weighted by molar-refractivity contribution is 6.42. The van der Waals surface area contributed by atoms with Crippen LogP contribution in [0.4, 0.5) is 0 Å². The zero-order valence-electron chi connectivity index (χ0n) is 9.97. The van der Waals surface area contributed by atoms with Gasteiger partial charge in [-0.05, 0) is 37.2 Å². The average molecular weight is 260 g/mol. The fourth-order valence-corrected chi connectivity index (χ4v) is 1.95. The second kappa shape index (κ2) is 7.16. The van der Waals surface area contributed by atoms with Crippen LogP contribution in [0.5, 0.6) is 0 Å². The zero-order valence-corrected chi connectivity index (χ0v) is 11.5. The topological polar surface area (TPSA) is 3.24 Å². The van der Waals surface area contributed by atoms with Crippen molar-refractivity contribution in [3.05, 3.63) is 33.8 Å². The maximum atomic E-state index is 5.99. The number of unbranched alkanes of at least 4 members (excludes halogenated alkanes) is 1. The molecule has 1 aromatic rings. The van der Waals surface area contributed by atoms with Gasteiger partial charge in [-0.1, -0.05) is 49.5 Å². The van der Waals surface area contributed by atoms with E-state index in [0.29, 0.717) is 10.0 Å². The van der Waals surface area contributed by atoms with Crippen LogP contribution in [0.3, 0.4) is 0 Å². The second-order valence-electron chi connectivity index (χ2n) is 3.97. The Morgan fingerprint density at radius 1 is 1.12 bits per heavy atom. The quantitative estimate of drug-likeness (QED) is 0.721. The van der Waals surface area contributed by atoms with Gasteiger partial charge in [-0.25, -0.2) is 0 Å². The first-order chi connectivity index (χ1) is 7.67. The summed E-state index contributed by atoms with van der Waals surface area (Å²) in [7, 11) is 0. The predicted octanol–water partition coefficient (Wildman–Crippen LogP) is 4.62. The van der Waals surface area contributed by atoms with E-state index in [4.69, 9.17) is 23.2 Å². The van der Waals surface area contributed by atoms with E-state index < -0.39 is 0 Å². The summed E-state index contributed by atoms with van der Waals surface area (Å²) in [5, 5.41) is 1.27. The summed E-state index contributed by atoms with van der Waals surface area (Å²) in [4.78, 5) is 2.42. The Hall–Kier alpha value is -0.240. The highest BCUT2D eigenvalue weighted by atomic mass is 35.5. The summed E-state index contributed by atoms with van der Waals surface area (Å²) in [6.07, 6.45) is 2.48. The van der Waals surface area contributed by atoms with E-state index in [9.17, 15) is 0 Å². The Morgan fingerprint density at radius 2 is 1.88 bits per heavy atom. The minimum absolute atomic E-state index is 0.627. The third kappa shape index (κ3) is 4.32.